The lowest BCUT2D eigenvalue weighted by Crippen LogP contribution is -2.28. The second kappa shape index (κ2) is 5.65. The number of nitrogens with one attached hydrogen (secondary N) is 1. The molecule has 0 aromatic heterocycles. The van der Waals surface area contributed by atoms with Crippen molar-refractivity contribution in [2.24, 2.45) is 11.8 Å². The lowest BCUT2D eigenvalue weighted by atomic mass is 9.97. The maximum atomic E-state index is 3.47. The van der Waals surface area contributed by atoms with Crippen molar-refractivity contribution < 1.29 is 0 Å². The molecular weight excluding hydrogens is 208 g/mol. The van der Waals surface area contributed by atoms with Crippen LogP contribution in [-0.4, -0.2) is 31.6 Å². The minimum atomic E-state index is 0.811. The fourth-order valence-corrected chi connectivity index (χ4v) is 2.58. The highest BCUT2D eigenvalue weighted by molar-refractivity contribution is 5.21. The van der Waals surface area contributed by atoms with E-state index in [1.165, 1.54) is 30.8 Å². The van der Waals surface area contributed by atoms with Gasteiger partial charge in [0.05, 0.1) is 0 Å². The number of rotatable bonds is 4. The predicted octanol–water partition coefficient (Wildman–Crippen LogP) is 2.28. The maximum Gasteiger partial charge on any atom is 0.0230 e. The molecule has 2 heteroatoms. The normalized spacial score (nSPS) is 24.5. The summed E-state index contributed by atoms with van der Waals surface area (Å²) >= 11 is 0. The van der Waals surface area contributed by atoms with Gasteiger partial charge in [0.2, 0.25) is 0 Å². The molecular formula is C15H24N2. The predicted molar refractivity (Wildman–Crippen MR) is 73.0 cm³/mol. The third-order valence-electron chi connectivity index (χ3n) is 3.80. The molecule has 2 nitrogen and oxygen atoms in total. The molecule has 1 fully saturated rings. The van der Waals surface area contributed by atoms with Crippen LogP contribution in [0.3, 0.4) is 0 Å². The molecule has 2 atom stereocenters. The Kier molecular flexibility index (Phi) is 4.19. The average Bonchev–Trinajstić information content (AvgIpc) is 2.68. The molecule has 94 valence electrons. The van der Waals surface area contributed by atoms with Crippen LogP contribution in [0, 0.1) is 18.8 Å². The Hall–Kier alpha value is -0.860. The summed E-state index contributed by atoms with van der Waals surface area (Å²) in [5, 5.41) is 3.47. The summed E-state index contributed by atoms with van der Waals surface area (Å²) in [5.74, 6) is 1.63. The summed E-state index contributed by atoms with van der Waals surface area (Å²) in [5.41, 5.74) is 2.75. The van der Waals surface area contributed by atoms with E-state index in [4.69, 9.17) is 0 Å². The molecule has 1 aliphatic heterocycles. The smallest absolute Gasteiger partial charge is 0.0230 e. The van der Waals surface area contributed by atoms with E-state index in [0.29, 0.717) is 0 Å². The van der Waals surface area contributed by atoms with Gasteiger partial charge in [-0.2, -0.15) is 0 Å². The van der Waals surface area contributed by atoms with Crippen LogP contribution < -0.4 is 5.32 Å². The standard InChI is InChI=1S/C15H24N2/c1-12-4-6-14(7-5-12)10-17(3)11-15-9-16-8-13(15)2/h4-7,13,15-16H,8-11H2,1-3H3/t13-,15+/m1/s1. The SMILES string of the molecule is Cc1ccc(CN(C)C[C@@H]2CNC[C@H]2C)cc1. The molecule has 1 aliphatic rings. The van der Waals surface area contributed by atoms with Gasteiger partial charge < -0.3 is 10.2 Å². The van der Waals surface area contributed by atoms with Gasteiger partial charge in [0.1, 0.15) is 0 Å². The molecule has 0 radical (unpaired) electrons. The molecule has 1 aromatic rings. The van der Waals surface area contributed by atoms with Crippen LogP contribution in [0.5, 0.6) is 0 Å². The lowest BCUT2D eigenvalue weighted by molar-refractivity contribution is 0.252. The zero-order valence-corrected chi connectivity index (χ0v) is 11.2. The number of aryl methyl sites for hydroxylation is 1. The molecule has 0 aliphatic carbocycles. The summed E-state index contributed by atoms with van der Waals surface area (Å²) in [6, 6.07) is 8.87. The summed E-state index contributed by atoms with van der Waals surface area (Å²) in [7, 11) is 2.23. The number of hydrogen-bond donors (Lipinski definition) is 1. The highest BCUT2D eigenvalue weighted by Crippen LogP contribution is 2.17. The average molecular weight is 232 g/mol. The van der Waals surface area contributed by atoms with Crippen LogP contribution in [0.15, 0.2) is 24.3 Å². The van der Waals surface area contributed by atoms with E-state index in [1.807, 2.05) is 0 Å². The number of benzene rings is 1. The highest BCUT2D eigenvalue weighted by atomic mass is 15.1. The topological polar surface area (TPSA) is 15.3 Å². The molecule has 0 saturated carbocycles. The Morgan fingerprint density at radius 2 is 1.94 bits per heavy atom. The first-order chi connectivity index (χ1) is 8.15. The third-order valence-corrected chi connectivity index (χ3v) is 3.80. The Morgan fingerprint density at radius 1 is 1.24 bits per heavy atom. The second-order valence-electron chi connectivity index (χ2n) is 5.58. The van der Waals surface area contributed by atoms with Gasteiger partial charge in [0, 0.05) is 13.1 Å². The van der Waals surface area contributed by atoms with Crippen molar-refractivity contribution in [2.75, 3.05) is 26.7 Å². The van der Waals surface area contributed by atoms with Crippen LogP contribution in [0.4, 0.5) is 0 Å². The van der Waals surface area contributed by atoms with Gasteiger partial charge in [-0.25, -0.2) is 0 Å². The van der Waals surface area contributed by atoms with E-state index in [0.717, 1.165) is 18.4 Å². The van der Waals surface area contributed by atoms with Crippen LogP contribution in [0.2, 0.25) is 0 Å². The van der Waals surface area contributed by atoms with E-state index in [2.05, 4.69) is 55.4 Å². The van der Waals surface area contributed by atoms with Crippen molar-refractivity contribution in [1.29, 1.82) is 0 Å². The van der Waals surface area contributed by atoms with Crippen molar-refractivity contribution in [3.8, 4) is 0 Å². The Labute approximate surface area is 105 Å². The van der Waals surface area contributed by atoms with Crippen molar-refractivity contribution in [2.45, 2.75) is 20.4 Å². The van der Waals surface area contributed by atoms with E-state index in [-0.39, 0.29) is 0 Å². The molecule has 0 spiro atoms. The zero-order chi connectivity index (χ0) is 12.3. The van der Waals surface area contributed by atoms with Gasteiger partial charge in [-0.05, 0) is 44.5 Å². The first-order valence-corrected chi connectivity index (χ1v) is 6.60. The van der Waals surface area contributed by atoms with Crippen LogP contribution >= 0.6 is 0 Å². The molecule has 0 bridgehead atoms. The van der Waals surface area contributed by atoms with Gasteiger partial charge in [0.15, 0.2) is 0 Å². The maximum absolute atomic E-state index is 3.47. The zero-order valence-electron chi connectivity index (χ0n) is 11.2. The molecule has 0 amide bonds. The number of hydrogen-bond acceptors (Lipinski definition) is 2. The first kappa shape index (κ1) is 12.6. The summed E-state index contributed by atoms with van der Waals surface area (Å²) in [6.45, 7) is 9.11. The summed E-state index contributed by atoms with van der Waals surface area (Å²) in [4.78, 5) is 2.44. The minimum absolute atomic E-state index is 0.811. The molecule has 2 rings (SSSR count). The van der Waals surface area contributed by atoms with Gasteiger partial charge in [-0.3, -0.25) is 0 Å². The molecule has 1 heterocycles. The minimum Gasteiger partial charge on any atom is -0.316 e. The van der Waals surface area contributed by atoms with Gasteiger partial charge in [0.25, 0.3) is 0 Å². The Bertz CT molecular complexity index is 344. The van der Waals surface area contributed by atoms with Crippen LogP contribution in [0.1, 0.15) is 18.1 Å². The lowest BCUT2D eigenvalue weighted by Gasteiger charge is -2.23. The first-order valence-electron chi connectivity index (χ1n) is 6.60. The quantitative estimate of drug-likeness (QED) is 0.857. The molecule has 1 N–H and O–H groups in total. The highest BCUT2D eigenvalue weighted by Gasteiger charge is 2.23. The third kappa shape index (κ3) is 3.55. The fourth-order valence-electron chi connectivity index (χ4n) is 2.58. The van der Waals surface area contributed by atoms with Gasteiger partial charge >= 0.3 is 0 Å². The molecule has 17 heavy (non-hydrogen) atoms. The van der Waals surface area contributed by atoms with Crippen molar-refractivity contribution in [1.82, 2.24) is 10.2 Å². The van der Waals surface area contributed by atoms with Crippen molar-refractivity contribution >= 4 is 0 Å². The van der Waals surface area contributed by atoms with Crippen LogP contribution in [-0.2, 0) is 6.54 Å². The summed E-state index contributed by atoms with van der Waals surface area (Å²) in [6.07, 6.45) is 0. The van der Waals surface area contributed by atoms with Crippen molar-refractivity contribution in [3.05, 3.63) is 35.4 Å². The van der Waals surface area contributed by atoms with E-state index >= 15 is 0 Å². The van der Waals surface area contributed by atoms with E-state index in [1.54, 1.807) is 0 Å². The van der Waals surface area contributed by atoms with E-state index < -0.39 is 0 Å². The Morgan fingerprint density at radius 3 is 2.53 bits per heavy atom. The van der Waals surface area contributed by atoms with Crippen molar-refractivity contribution in [3.63, 3.8) is 0 Å². The Balaban J connectivity index is 1.84. The monoisotopic (exact) mass is 232 g/mol. The summed E-state index contributed by atoms with van der Waals surface area (Å²) < 4.78 is 0. The second-order valence-corrected chi connectivity index (χ2v) is 5.58. The van der Waals surface area contributed by atoms with Gasteiger partial charge in [-0.1, -0.05) is 36.8 Å². The molecule has 0 unspecified atom stereocenters. The largest absolute Gasteiger partial charge is 0.316 e. The number of nitrogens with zero attached hydrogens (tertiary/aromatic N) is 1. The van der Waals surface area contributed by atoms with Gasteiger partial charge in [-0.15, -0.1) is 0 Å². The molecule has 1 aromatic carbocycles. The van der Waals surface area contributed by atoms with Crippen LogP contribution in [0.25, 0.3) is 0 Å². The van der Waals surface area contributed by atoms with E-state index in [9.17, 15) is 0 Å². The fraction of sp³-hybridized carbons (Fsp3) is 0.600. The molecule has 1 saturated heterocycles.